The fourth-order valence-corrected chi connectivity index (χ4v) is 2.70. The molecule has 1 aromatic carbocycles. The number of nitrogens with one attached hydrogen (secondary N) is 1. The van der Waals surface area contributed by atoms with Crippen LogP contribution in [0.15, 0.2) is 41.6 Å². The number of rotatable bonds is 6. The summed E-state index contributed by atoms with van der Waals surface area (Å²) < 4.78 is 31.7. The van der Waals surface area contributed by atoms with Crippen LogP contribution in [0.2, 0.25) is 5.28 Å². The van der Waals surface area contributed by atoms with Gasteiger partial charge < -0.3 is 4.74 Å². The summed E-state index contributed by atoms with van der Waals surface area (Å²) in [5, 5.41) is 0.00113. The van der Waals surface area contributed by atoms with Crippen LogP contribution in [0, 0.1) is 0 Å². The maximum absolute atomic E-state index is 12.1. The van der Waals surface area contributed by atoms with Crippen molar-refractivity contribution in [2.75, 3.05) is 7.11 Å². The van der Waals surface area contributed by atoms with Crippen molar-refractivity contribution in [2.45, 2.75) is 18.0 Å². The zero-order chi connectivity index (χ0) is 15.3. The van der Waals surface area contributed by atoms with Gasteiger partial charge in [0, 0.05) is 13.7 Å². The summed E-state index contributed by atoms with van der Waals surface area (Å²) in [5.41, 5.74) is 1.81. The largest absolute Gasteiger partial charge is 0.380 e. The first-order valence-corrected chi connectivity index (χ1v) is 7.91. The molecular weight excluding hydrogens is 314 g/mol. The monoisotopic (exact) mass is 327 g/mol. The van der Waals surface area contributed by atoms with Crippen LogP contribution < -0.4 is 4.72 Å². The summed E-state index contributed by atoms with van der Waals surface area (Å²) >= 11 is 5.53. The number of hydrogen-bond acceptors (Lipinski definition) is 5. The molecule has 0 aliphatic carbocycles. The van der Waals surface area contributed by atoms with Crippen LogP contribution in [0.4, 0.5) is 0 Å². The van der Waals surface area contributed by atoms with Crippen molar-refractivity contribution < 1.29 is 13.2 Å². The lowest BCUT2D eigenvalue weighted by Crippen LogP contribution is -2.23. The second kappa shape index (κ2) is 6.95. The predicted molar refractivity (Wildman–Crippen MR) is 78.2 cm³/mol. The molecule has 0 atom stereocenters. The normalized spacial score (nSPS) is 11.5. The molecule has 1 aromatic heterocycles. The molecule has 0 saturated heterocycles. The number of sulfonamides is 1. The highest BCUT2D eigenvalue weighted by molar-refractivity contribution is 7.89. The smallest absolute Gasteiger partial charge is 0.243 e. The molecule has 0 fully saturated rings. The van der Waals surface area contributed by atoms with Gasteiger partial charge in [0.15, 0.2) is 0 Å². The van der Waals surface area contributed by atoms with Crippen LogP contribution in [0.5, 0.6) is 0 Å². The number of methoxy groups -OCH3 is 1. The molecule has 112 valence electrons. The molecule has 1 N–H and O–H groups in total. The molecule has 1 heterocycles. The molecular formula is C13H14ClN3O3S. The topological polar surface area (TPSA) is 81.2 Å². The minimum absolute atomic E-state index is 0.00113. The molecule has 0 amide bonds. The fourth-order valence-electron chi connectivity index (χ4n) is 1.70. The lowest BCUT2D eigenvalue weighted by Gasteiger charge is -2.07. The summed E-state index contributed by atoms with van der Waals surface area (Å²) in [7, 11) is -2.06. The second-order valence-electron chi connectivity index (χ2n) is 4.27. The number of benzene rings is 1. The van der Waals surface area contributed by atoms with Crippen molar-refractivity contribution in [1.82, 2.24) is 14.7 Å². The Morgan fingerprint density at radius 1 is 1.24 bits per heavy atom. The average Bonchev–Trinajstić information content (AvgIpc) is 2.47. The molecule has 0 saturated carbocycles. The Morgan fingerprint density at radius 2 is 1.90 bits per heavy atom. The molecule has 0 aliphatic heterocycles. The van der Waals surface area contributed by atoms with E-state index >= 15 is 0 Å². The van der Waals surface area contributed by atoms with Crippen molar-refractivity contribution >= 4 is 21.6 Å². The number of aromatic nitrogens is 2. The van der Waals surface area contributed by atoms with E-state index in [4.69, 9.17) is 16.3 Å². The highest BCUT2D eigenvalue weighted by Gasteiger charge is 2.14. The van der Waals surface area contributed by atoms with Gasteiger partial charge in [0.2, 0.25) is 15.3 Å². The van der Waals surface area contributed by atoms with Crippen molar-refractivity contribution in [2.24, 2.45) is 0 Å². The summed E-state index contributed by atoms with van der Waals surface area (Å²) in [4.78, 5) is 7.29. The van der Waals surface area contributed by atoms with Crippen LogP contribution in [0.1, 0.15) is 11.1 Å². The van der Waals surface area contributed by atoms with Gasteiger partial charge in [-0.15, -0.1) is 0 Å². The first-order valence-electron chi connectivity index (χ1n) is 6.05. The zero-order valence-electron chi connectivity index (χ0n) is 11.3. The number of halogens is 1. The minimum atomic E-state index is -3.67. The van der Waals surface area contributed by atoms with Gasteiger partial charge in [0.1, 0.15) is 4.90 Å². The quantitative estimate of drug-likeness (QED) is 0.817. The van der Waals surface area contributed by atoms with Gasteiger partial charge in [-0.3, -0.25) is 0 Å². The molecule has 0 bridgehead atoms. The molecule has 0 spiro atoms. The Hall–Kier alpha value is -1.54. The van der Waals surface area contributed by atoms with Crippen molar-refractivity contribution in [1.29, 1.82) is 0 Å². The Balaban J connectivity index is 2.08. The molecule has 2 aromatic rings. The Morgan fingerprint density at radius 3 is 2.57 bits per heavy atom. The van der Waals surface area contributed by atoms with Gasteiger partial charge in [0.25, 0.3) is 0 Å². The highest BCUT2D eigenvalue weighted by atomic mass is 35.5. The van der Waals surface area contributed by atoms with Gasteiger partial charge in [0.05, 0.1) is 19.0 Å². The first-order chi connectivity index (χ1) is 10.0. The highest BCUT2D eigenvalue weighted by Crippen LogP contribution is 2.10. The summed E-state index contributed by atoms with van der Waals surface area (Å²) in [5.74, 6) is 0. The second-order valence-corrected chi connectivity index (χ2v) is 6.37. The molecule has 2 rings (SSSR count). The summed E-state index contributed by atoms with van der Waals surface area (Å²) in [6.07, 6.45) is 2.33. The van der Waals surface area contributed by atoms with E-state index in [-0.39, 0.29) is 16.7 Å². The van der Waals surface area contributed by atoms with E-state index < -0.39 is 10.0 Å². The maximum Gasteiger partial charge on any atom is 0.243 e. The number of ether oxygens (including phenoxy) is 1. The Kier molecular flexibility index (Phi) is 5.24. The third-order valence-electron chi connectivity index (χ3n) is 2.68. The van der Waals surface area contributed by atoms with E-state index in [1.54, 1.807) is 7.11 Å². The van der Waals surface area contributed by atoms with E-state index in [1.165, 1.54) is 12.4 Å². The summed E-state index contributed by atoms with van der Waals surface area (Å²) in [6.45, 7) is 0.647. The van der Waals surface area contributed by atoms with Crippen molar-refractivity contribution in [3.63, 3.8) is 0 Å². The standard InChI is InChI=1S/C13H14ClN3O3S/c1-20-9-11-4-2-3-10(5-11)6-17-21(18,19)12-7-15-13(14)16-8-12/h2-5,7-8,17H,6,9H2,1H3. The fraction of sp³-hybridized carbons (Fsp3) is 0.231. The van der Waals surface area contributed by atoms with Crippen molar-refractivity contribution in [3.05, 3.63) is 53.1 Å². The van der Waals surface area contributed by atoms with Crippen LogP contribution in [0.25, 0.3) is 0 Å². The van der Waals surface area contributed by atoms with Gasteiger partial charge in [-0.05, 0) is 22.7 Å². The van der Waals surface area contributed by atoms with E-state index in [0.717, 1.165) is 11.1 Å². The third-order valence-corrected chi connectivity index (χ3v) is 4.23. The predicted octanol–water partition coefficient (Wildman–Crippen LogP) is 1.75. The van der Waals surface area contributed by atoms with Crippen LogP contribution >= 0.6 is 11.6 Å². The number of hydrogen-bond donors (Lipinski definition) is 1. The lowest BCUT2D eigenvalue weighted by molar-refractivity contribution is 0.185. The third kappa shape index (κ3) is 4.47. The van der Waals surface area contributed by atoms with Gasteiger partial charge in [-0.1, -0.05) is 24.3 Å². The maximum atomic E-state index is 12.1. The van der Waals surface area contributed by atoms with Crippen LogP contribution in [-0.4, -0.2) is 25.5 Å². The van der Waals surface area contributed by atoms with Crippen molar-refractivity contribution in [3.8, 4) is 0 Å². The summed E-state index contributed by atoms with van der Waals surface area (Å²) in [6, 6.07) is 7.47. The van der Waals surface area contributed by atoms with Gasteiger partial charge in [-0.25, -0.2) is 23.1 Å². The Labute approximate surface area is 128 Å². The van der Waals surface area contributed by atoms with E-state index in [2.05, 4.69) is 14.7 Å². The SMILES string of the molecule is COCc1cccc(CNS(=O)(=O)c2cnc(Cl)nc2)c1. The first kappa shape index (κ1) is 15.8. The molecule has 0 aliphatic rings. The molecule has 0 radical (unpaired) electrons. The van der Waals surface area contributed by atoms with Crippen LogP contribution in [0.3, 0.4) is 0 Å². The van der Waals surface area contributed by atoms with Gasteiger partial charge >= 0.3 is 0 Å². The molecule has 8 heteroatoms. The lowest BCUT2D eigenvalue weighted by atomic mass is 10.1. The Bertz CT molecular complexity index is 705. The molecule has 0 unspecified atom stereocenters. The molecule has 21 heavy (non-hydrogen) atoms. The van der Waals surface area contributed by atoms with E-state index in [0.29, 0.717) is 6.61 Å². The van der Waals surface area contributed by atoms with E-state index in [1.807, 2.05) is 24.3 Å². The molecule has 6 nitrogen and oxygen atoms in total. The number of nitrogens with zero attached hydrogens (tertiary/aromatic N) is 2. The zero-order valence-corrected chi connectivity index (χ0v) is 12.9. The van der Waals surface area contributed by atoms with Gasteiger partial charge in [-0.2, -0.15) is 0 Å². The average molecular weight is 328 g/mol. The minimum Gasteiger partial charge on any atom is -0.380 e. The van der Waals surface area contributed by atoms with Crippen LogP contribution in [-0.2, 0) is 27.9 Å². The van der Waals surface area contributed by atoms with E-state index in [9.17, 15) is 8.42 Å².